The topological polar surface area (TPSA) is 94.4 Å². The number of aromatic nitrogens is 1. The molecule has 0 saturated carbocycles. The normalized spacial score (nSPS) is 15.8. The van der Waals surface area contributed by atoms with Gasteiger partial charge in [0.1, 0.15) is 0 Å². The molecule has 2 heterocycles. The molecule has 1 aliphatic heterocycles. The molecule has 0 radical (unpaired) electrons. The van der Waals surface area contributed by atoms with Gasteiger partial charge in [0.15, 0.2) is 5.78 Å². The van der Waals surface area contributed by atoms with Crippen molar-refractivity contribution in [1.29, 1.82) is 0 Å². The monoisotopic (exact) mass is 378 g/mol. The second-order valence-corrected chi connectivity index (χ2v) is 7.43. The molecule has 1 fully saturated rings. The standard InChI is InChI=1S/C21H22N4O3/c1-23-10-8-14(9-11-23)19-13-24(22)20-7-4-16(12-18(19)20)21(26)15-2-5-17(6-3-15)25(27)28/h2-7,12-14H,8-11,22H2,1H3. The summed E-state index contributed by atoms with van der Waals surface area (Å²) in [4.78, 5) is 25.6. The number of nitro benzene ring substituents is 1. The second-order valence-electron chi connectivity index (χ2n) is 7.43. The van der Waals surface area contributed by atoms with Gasteiger partial charge in [-0.05, 0) is 74.8 Å². The summed E-state index contributed by atoms with van der Waals surface area (Å²) >= 11 is 0. The molecule has 2 N–H and O–H groups in total. The fourth-order valence-corrected chi connectivity index (χ4v) is 3.97. The van der Waals surface area contributed by atoms with Crippen molar-refractivity contribution in [2.45, 2.75) is 18.8 Å². The number of hydrogen-bond acceptors (Lipinski definition) is 5. The number of hydrogen-bond donors (Lipinski definition) is 1. The number of nitrogen functional groups attached to an aromatic ring is 1. The maximum atomic E-state index is 12.9. The number of nitrogens with two attached hydrogens (primary N) is 1. The molecule has 3 aromatic rings. The number of carbonyl (C=O) groups excluding carboxylic acids is 1. The predicted molar refractivity (Wildman–Crippen MR) is 108 cm³/mol. The molecule has 1 aromatic heterocycles. The Balaban J connectivity index is 1.69. The van der Waals surface area contributed by atoms with E-state index in [0.717, 1.165) is 36.8 Å². The van der Waals surface area contributed by atoms with Gasteiger partial charge in [0.25, 0.3) is 5.69 Å². The minimum absolute atomic E-state index is 0.0308. The fraction of sp³-hybridized carbons (Fsp3) is 0.286. The number of ketones is 1. The molecule has 28 heavy (non-hydrogen) atoms. The van der Waals surface area contributed by atoms with Crippen LogP contribution in [0.3, 0.4) is 0 Å². The predicted octanol–water partition coefficient (Wildman–Crippen LogP) is 3.30. The number of nitro groups is 1. The van der Waals surface area contributed by atoms with Gasteiger partial charge in [0.2, 0.25) is 0 Å². The highest BCUT2D eigenvalue weighted by Gasteiger charge is 2.23. The minimum Gasteiger partial charge on any atom is -0.339 e. The van der Waals surface area contributed by atoms with Crippen LogP contribution in [-0.2, 0) is 0 Å². The Labute approximate surface area is 162 Å². The molecule has 144 valence electrons. The molecule has 0 aliphatic carbocycles. The molecule has 7 heteroatoms. The zero-order valence-electron chi connectivity index (χ0n) is 15.7. The second kappa shape index (κ2) is 7.09. The average molecular weight is 378 g/mol. The van der Waals surface area contributed by atoms with E-state index >= 15 is 0 Å². The molecule has 2 aromatic carbocycles. The molecular formula is C21H22N4O3. The summed E-state index contributed by atoms with van der Waals surface area (Å²) in [7, 11) is 2.13. The zero-order valence-corrected chi connectivity index (χ0v) is 15.7. The number of non-ortho nitro benzene ring substituents is 1. The van der Waals surface area contributed by atoms with Gasteiger partial charge in [-0.3, -0.25) is 19.6 Å². The molecular weight excluding hydrogens is 356 g/mol. The van der Waals surface area contributed by atoms with E-state index in [4.69, 9.17) is 5.84 Å². The van der Waals surface area contributed by atoms with Crippen molar-refractivity contribution in [3.63, 3.8) is 0 Å². The van der Waals surface area contributed by atoms with Crippen LogP contribution in [-0.4, -0.2) is 40.4 Å². The number of piperidine rings is 1. The number of benzene rings is 2. The Hall–Kier alpha value is -3.19. The van der Waals surface area contributed by atoms with E-state index in [1.54, 1.807) is 10.7 Å². The molecule has 0 spiro atoms. The van der Waals surface area contributed by atoms with E-state index in [0.29, 0.717) is 17.0 Å². The number of fused-ring (bicyclic) bond motifs is 1. The van der Waals surface area contributed by atoms with Crippen molar-refractivity contribution in [3.8, 4) is 0 Å². The Bertz CT molecular complexity index is 1050. The Morgan fingerprint density at radius 2 is 1.75 bits per heavy atom. The van der Waals surface area contributed by atoms with Gasteiger partial charge < -0.3 is 10.7 Å². The van der Waals surface area contributed by atoms with Crippen LogP contribution in [0.25, 0.3) is 10.9 Å². The smallest absolute Gasteiger partial charge is 0.269 e. The number of nitrogens with zero attached hydrogens (tertiary/aromatic N) is 3. The summed E-state index contributed by atoms with van der Waals surface area (Å²) in [5.74, 6) is 6.42. The average Bonchev–Trinajstić information content (AvgIpc) is 3.04. The van der Waals surface area contributed by atoms with Crippen LogP contribution in [0.1, 0.15) is 40.2 Å². The highest BCUT2D eigenvalue weighted by molar-refractivity contribution is 6.10. The Morgan fingerprint density at radius 3 is 2.39 bits per heavy atom. The van der Waals surface area contributed by atoms with Crippen molar-refractivity contribution in [2.75, 3.05) is 26.0 Å². The summed E-state index contributed by atoms with van der Waals surface area (Å²) in [6, 6.07) is 11.2. The lowest BCUT2D eigenvalue weighted by Crippen LogP contribution is -2.29. The molecule has 0 amide bonds. The minimum atomic E-state index is -0.474. The largest absolute Gasteiger partial charge is 0.339 e. The van der Waals surface area contributed by atoms with E-state index in [2.05, 4.69) is 11.9 Å². The van der Waals surface area contributed by atoms with Gasteiger partial charge in [-0.15, -0.1) is 0 Å². The van der Waals surface area contributed by atoms with E-state index < -0.39 is 4.92 Å². The first-order chi connectivity index (χ1) is 13.4. The first kappa shape index (κ1) is 18.2. The first-order valence-corrected chi connectivity index (χ1v) is 9.32. The van der Waals surface area contributed by atoms with Crippen LogP contribution in [0.2, 0.25) is 0 Å². The summed E-state index contributed by atoms with van der Waals surface area (Å²) in [5.41, 5.74) is 3.04. The van der Waals surface area contributed by atoms with Gasteiger partial charge in [0, 0.05) is 34.8 Å². The number of likely N-dealkylation sites (tertiary alicyclic amines) is 1. The molecule has 1 aliphatic rings. The first-order valence-electron chi connectivity index (χ1n) is 9.32. The van der Waals surface area contributed by atoms with Crippen molar-refractivity contribution < 1.29 is 9.72 Å². The van der Waals surface area contributed by atoms with E-state index in [9.17, 15) is 14.9 Å². The summed E-state index contributed by atoms with van der Waals surface area (Å²) in [6.07, 6.45) is 4.10. The summed E-state index contributed by atoms with van der Waals surface area (Å²) in [5, 5.41) is 11.8. The molecule has 0 atom stereocenters. The van der Waals surface area contributed by atoms with Gasteiger partial charge in [-0.2, -0.15) is 0 Å². The summed E-state index contributed by atoms with van der Waals surface area (Å²) < 4.78 is 1.63. The number of rotatable bonds is 4. The van der Waals surface area contributed by atoms with E-state index in [-0.39, 0.29) is 11.5 Å². The lowest BCUT2D eigenvalue weighted by atomic mass is 9.88. The van der Waals surface area contributed by atoms with Crippen molar-refractivity contribution in [3.05, 3.63) is 75.5 Å². The van der Waals surface area contributed by atoms with E-state index in [1.807, 2.05) is 18.3 Å². The van der Waals surface area contributed by atoms with Crippen molar-refractivity contribution in [2.24, 2.45) is 0 Å². The Kier molecular flexibility index (Phi) is 4.60. The third kappa shape index (κ3) is 3.25. The lowest BCUT2D eigenvalue weighted by molar-refractivity contribution is -0.384. The van der Waals surface area contributed by atoms with Gasteiger partial charge in [-0.1, -0.05) is 0 Å². The van der Waals surface area contributed by atoms with Crippen LogP contribution in [0.5, 0.6) is 0 Å². The highest BCUT2D eigenvalue weighted by Crippen LogP contribution is 2.34. The molecule has 4 rings (SSSR count). The van der Waals surface area contributed by atoms with Crippen LogP contribution in [0.4, 0.5) is 5.69 Å². The fourth-order valence-electron chi connectivity index (χ4n) is 3.97. The van der Waals surface area contributed by atoms with Crippen molar-refractivity contribution in [1.82, 2.24) is 9.58 Å². The van der Waals surface area contributed by atoms with Crippen LogP contribution >= 0.6 is 0 Å². The maximum absolute atomic E-state index is 12.9. The number of carbonyl (C=O) groups is 1. The third-order valence-electron chi connectivity index (χ3n) is 5.62. The molecule has 0 bridgehead atoms. The Morgan fingerprint density at radius 1 is 1.11 bits per heavy atom. The van der Waals surface area contributed by atoms with E-state index in [1.165, 1.54) is 29.8 Å². The van der Waals surface area contributed by atoms with Gasteiger partial charge >= 0.3 is 0 Å². The lowest BCUT2D eigenvalue weighted by Gasteiger charge is -2.28. The highest BCUT2D eigenvalue weighted by atomic mass is 16.6. The SMILES string of the molecule is CN1CCC(c2cn(N)c3ccc(C(=O)c4ccc([N+](=O)[O-])cc4)cc23)CC1. The van der Waals surface area contributed by atoms with Crippen LogP contribution in [0, 0.1) is 10.1 Å². The quantitative estimate of drug-likeness (QED) is 0.325. The third-order valence-corrected chi connectivity index (χ3v) is 5.62. The molecule has 1 saturated heterocycles. The molecule has 0 unspecified atom stereocenters. The molecule has 7 nitrogen and oxygen atoms in total. The van der Waals surface area contributed by atoms with Crippen molar-refractivity contribution >= 4 is 22.4 Å². The maximum Gasteiger partial charge on any atom is 0.269 e. The van der Waals surface area contributed by atoms with Gasteiger partial charge in [-0.25, -0.2) is 0 Å². The summed E-state index contributed by atoms with van der Waals surface area (Å²) in [6.45, 7) is 2.09. The van der Waals surface area contributed by atoms with Gasteiger partial charge in [0.05, 0.1) is 10.4 Å². The van der Waals surface area contributed by atoms with Crippen LogP contribution in [0.15, 0.2) is 48.7 Å². The zero-order chi connectivity index (χ0) is 19.8. The van der Waals surface area contributed by atoms with Crippen LogP contribution < -0.4 is 5.84 Å².